The van der Waals surface area contributed by atoms with E-state index in [9.17, 15) is 9.50 Å². The second kappa shape index (κ2) is 4.73. The van der Waals surface area contributed by atoms with Crippen LogP contribution in [0, 0.1) is 12.7 Å². The van der Waals surface area contributed by atoms with Crippen molar-refractivity contribution in [3.05, 3.63) is 47.9 Å². The Morgan fingerprint density at radius 2 is 2.00 bits per heavy atom. The second-order valence-electron chi connectivity index (χ2n) is 4.25. The molecule has 5 nitrogen and oxygen atoms in total. The van der Waals surface area contributed by atoms with Crippen LogP contribution in [0.25, 0.3) is 23.0 Å². The van der Waals surface area contributed by atoms with Crippen molar-refractivity contribution in [2.45, 2.75) is 6.92 Å². The summed E-state index contributed by atoms with van der Waals surface area (Å²) in [6.07, 6.45) is 0. The molecule has 6 heteroatoms. The summed E-state index contributed by atoms with van der Waals surface area (Å²) in [5, 5.41) is 13.0. The number of pyridine rings is 1. The Morgan fingerprint density at radius 1 is 1.15 bits per heavy atom. The maximum Gasteiger partial charge on any atom is 0.261 e. The van der Waals surface area contributed by atoms with Crippen LogP contribution in [0.4, 0.5) is 4.39 Å². The van der Waals surface area contributed by atoms with Gasteiger partial charge in [-0.05, 0) is 31.2 Å². The van der Waals surface area contributed by atoms with Crippen molar-refractivity contribution >= 4 is 0 Å². The van der Waals surface area contributed by atoms with Gasteiger partial charge in [-0.1, -0.05) is 11.2 Å². The lowest BCUT2D eigenvalue weighted by Gasteiger charge is -1.97. The normalized spacial score (nSPS) is 10.7. The van der Waals surface area contributed by atoms with Gasteiger partial charge in [0, 0.05) is 11.8 Å². The molecule has 0 aliphatic carbocycles. The smallest absolute Gasteiger partial charge is 0.261 e. The average Bonchev–Trinajstić information content (AvgIpc) is 2.88. The number of aromatic hydroxyl groups is 1. The predicted molar refractivity (Wildman–Crippen MR) is 69.3 cm³/mol. The number of hydrogen-bond acceptors (Lipinski definition) is 5. The molecule has 0 radical (unpaired) electrons. The van der Waals surface area contributed by atoms with E-state index in [1.54, 1.807) is 6.07 Å². The lowest BCUT2D eigenvalue weighted by Crippen LogP contribution is -1.88. The molecule has 0 aliphatic heterocycles. The van der Waals surface area contributed by atoms with Gasteiger partial charge in [0.15, 0.2) is 0 Å². The molecule has 0 fully saturated rings. The maximum atomic E-state index is 13.7. The molecule has 0 saturated carbocycles. The number of benzene rings is 1. The van der Waals surface area contributed by atoms with Gasteiger partial charge >= 0.3 is 0 Å². The fraction of sp³-hybridized carbons (Fsp3) is 0.0714. The zero-order valence-corrected chi connectivity index (χ0v) is 10.5. The highest BCUT2D eigenvalue weighted by Gasteiger charge is 2.15. The van der Waals surface area contributed by atoms with Gasteiger partial charge < -0.3 is 9.63 Å². The van der Waals surface area contributed by atoms with Gasteiger partial charge in [0.05, 0.1) is 5.56 Å². The molecular weight excluding hydrogens is 261 g/mol. The van der Waals surface area contributed by atoms with Crippen LogP contribution in [-0.2, 0) is 0 Å². The fourth-order valence-electron chi connectivity index (χ4n) is 1.78. The minimum atomic E-state index is -0.627. The highest BCUT2D eigenvalue weighted by atomic mass is 19.1. The van der Waals surface area contributed by atoms with Crippen LogP contribution >= 0.6 is 0 Å². The van der Waals surface area contributed by atoms with Gasteiger partial charge in [-0.2, -0.15) is 4.98 Å². The topological polar surface area (TPSA) is 72.0 Å². The number of halogens is 1. The minimum Gasteiger partial charge on any atom is -0.508 e. The van der Waals surface area contributed by atoms with Gasteiger partial charge in [-0.3, -0.25) is 0 Å². The van der Waals surface area contributed by atoms with Gasteiger partial charge in [0.2, 0.25) is 5.82 Å². The number of hydrogen-bond donors (Lipinski definition) is 1. The molecule has 20 heavy (non-hydrogen) atoms. The van der Waals surface area contributed by atoms with E-state index in [1.807, 2.05) is 19.1 Å². The molecule has 0 saturated heterocycles. The van der Waals surface area contributed by atoms with E-state index in [-0.39, 0.29) is 23.0 Å². The van der Waals surface area contributed by atoms with E-state index < -0.39 is 5.82 Å². The first kappa shape index (κ1) is 12.3. The van der Waals surface area contributed by atoms with Gasteiger partial charge in [-0.25, -0.2) is 9.37 Å². The first-order valence-corrected chi connectivity index (χ1v) is 5.90. The van der Waals surface area contributed by atoms with Crippen LogP contribution in [0.15, 0.2) is 40.9 Å². The summed E-state index contributed by atoms with van der Waals surface area (Å²) in [5.41, 5.74) is 1.51. The van der Waals surface area contributed by atoms with Gasteiger partial charge in [0.1, 0.15) is 17.3 Å². The van der Waals surface area contributed by atoms with Crippen LogP contribution in [0.5, 0.6) is 5.75 Å². The Bertz CT molecular complexity index is 771. The van der Waals surface area contributed by atoms with Crippen LogP contribution in [0.1, 0.15) is 5.69 Å². The van der Waals surface area contributed by atoms with Crippen molar-refractivity contribution in [2.24, 2.45) is 0 Å². The van der Waals surface area contributed by atoms with E-state index in [0.29, 0.717) is 5.69 Å². The Morgan fingerprint density at radius 3 is 2.75 bits per heavy atom. The monoisotopic (exact) mass is 271 g/mol. The Labute approximate surface area is 113 Å². The maximum absolute atomic E-state index is 13.7. The molecule has 0 atom stereocenters. The van der Waals surface area contributed by atoms with Crippen molar-refractivity contribution in [1.29, 1.82) is 0 Å². The highest BCUT2D eigenvalue weighted by Crippen LogP contribution is 2.26. The molecule has 2 heterocycles. The lowest BCUT2D eigenvalue weighted by atomic mass is 10.2. The summed E-state index contributed by atoms with van der Waals surface area (Å²) in [5.74, 6) is -0.458. The van der Waals surface area contributed by atoms with E-state index in [1.165, 1.54) is 12.1 Å². The summed E-state index contributed by atoms with van der Waals surface area (Å²) in [7, 11) is 0. The van der Waals surface area contributed by atoms with Crippen molar-refractivity contribution in [3.63, 3.8) is 0 Å². The van der Waals surface area contributed by atoms with Gasteiger partial charge in [-0.15, -0.1) is 0 Å². The summed E-state index contributed by atoms with van der Waals surface area (Å²) in [6, 6.07) is 9.15. The second-order valence-corrected chi connectivity index (χ2v) is 4.25. The number of nitrogens with zero attached hydrogens (tertiary/aromatic N) is 3. The Kier molecular flexibility index (Phi) is 2.90. The zero-order chi connectivity index (χ0) is 14.1. The molecule has 0 unspecified atom stereocenters. The number of phenolic OH excluding ortho intramolecular Hbond substituents is 1. The molecule has 3 aromatic rings. The van der Waals surface area contributed by atoms with E-state index in [2.05, 4.69) is 15.1 Å². The largest absolute Gasteiger partial charge is 0.508 e. The Balaban J connectivity index is 2.02. The van der Waals surface area contributed by atoms with Crippen LogP contribution in [0.2, 0.25) is 0 Å². The number of rotatable bonds is 2. The fourth-order valence-corrected chi connectivity index (χ4v) is 1.78. The minimum absolute atomic E-state index is 0.0424. The summed E-state index contributed by atoms with van der Waals surface area (Å²) in [6.45, 7) is 1.85. The van der Waals surface area contributed by atoms with E-state index in [4.69, 9.17) is 4.52 Å². The number of phenols is 1. The molecule has 2 aromatic heterocycles. The van der Waals surface area contributed by atoms with Gasteiger partial charge in [0.25, 0.3) is 5.89 Å². The van der Waals surface area contributed by atoms with Crippen molar-refractivity contribution in [2.75, 3.05) is 0 Å². The molecule has 0 aliphatic rings. The summed E-state index contributed by atoms with van der Waals surface area (Å²) in [4.78, 5) is 8.39. The highest BCUT2D eigenvalue weighted by molar-refractivity contribution is 5.58. The predicted octanol–water partition coefficient (Wildman–Crippen LogP) is 2.95. The molecule has 0 amide bonds. The standard InChI is InChI=1S/C14H10FN3O2/c1-8-3-2-4-12(16-8)13-17-14(20-18-13)10-6-5-9(19)7-11(10)15/h2-7,19H,1H3. The quantitative estimate of drug-likeness (QED) is 0.775. The summed E-state index contributed by atoms with van der Waals surface area (Å²) < 4.78 is 18.8. The third-order valence-electron chi connectivity index (χ3n) is 2.73. The molecule has 1 aromatic carbocycles. The van der Waals surface area contributed by atoms with Crippen molar-refractivity contribution in [1.82, 2.24) is 15.1 Å². The first-order chi connectivity index (χ1) is 9.63. The average molecular weight is 271 g/mol. The van der Waals surface area contributed by atoms with Crippen molar-refractivity contribution in [3.8, 4) is 28.7 Å². The van der Waals surface area contributed by atoms with Crippen LogP contribution in [0.3, 0.4) is 0 Å². The van der Waals surface area contributed by atoms with Crippen LogP contribution in [-0.4, -0.2) is 20.2 Å². The van der Waals surface area contributed by atoms with Crippen molar-refractivity contribution < 1.29 is 14.0 Å². The molecule has 100 valence electrons. The Hall–Kier alpha value is -2.76. The number of aromatic nitrogens is 3. The first-order valence-electron chi connectivity index (χ1n) is 5.90. The lowest BCUT2D eigenvalue weighted by molar-refractivity contribution is 0.428. The summed E-state index contributed by atoms with van der Waals surface area (Å²) >= 11 is 0. The number of aryl methyl sites for hydroxylation is 1. The van der Waals surface area contributed by atoms with E-state index >= 15 is 0 Å². The molecule has 3 rings (SSSR count). The molecule has 0 bridgehead atoms. The van der Waals surface area contributed by atoms with Crippen LogP contribution < -0.4 is 0 Å². The molecule has 1 N–H and O–H groups in total. The zero-order valence-electron chi connectivity index (χ0n) is 10.5. The molecular formula is C14H10FN3O2. The third kappa shape index (κ3) is 2.23. The SMILES string of the molecule is Cc1cccc(-c2noc(-c3ccc(O)cc3F)n2)n1. The third-order valence-corrected chi connectivity index (χ3v) is 2.73. The molecule has 0 spiro atoms. The van der Waals surface area contributed by atoms with E-state index in [0.717, 1.165) is 11.8 Å².